The van der Waals surface area contributed by atoms with Gasteiger partial charge in [-0.3, -0.25) is 4.90 Å². The number of nitrogens with one attached hydrogen (secondary N) is 1. The Bertz CT molecular complexity index is 221. The largest absolute Gasteiger partial charge is 0.311 e. The number of rotatable bonds is 4. The van der Waals surface area contributed by atoms with Crippen molar-refractivity contribution in [1.82, 2.24) is 10.2 Å². The Morgan fingerprint density at radius 1 is 1.18 bits per heavy atom. The van der Waals surface area contributed by atoms with Crippen LogP contribution < -0.4 is 5.32 Å². The zero-order chi connectivity index (χ0) is 12.1. The molecule has 1 saturated heterocycles. The monoisotopic (exact) mass is 238 g/mol. The average molecular weight is 238 g/mol. The standard InChI is InChI=1S/C15H30N2/c1-3-4-8-11-17-12-14(2)16-13-15(17)9-6-5-7-10-15/h14,16H,3-13H2,1-2H3. The first-order valence-electron chi connectivity index (χ1n) is 7.75. The normalized spacial score (nSPS) is 29.6. The molecule has 1 saturated carbocycles. The lowest BCUT2D eigenvalue weighted by Crippen LogP contribution is -2.64. The smallest absolute Gasteiger partial charge is 0.0334 e. The van der Waals surface area contributed by atoms with E-state index in [4.69, 9.17) is 0 Å². The molecule has 2 nitrogen and oxygen atoms in total. The molecule has 1 atom stereocenters. The van der Waals surface area contributed by atoms with Gasteiger partial charge in [-0.15, -0.1) is 0 Å². The van der Waals surface area contributed by atoms with E-state index in [1.54, 1.807) is 0 Å². The van der Waals surface area contributed by atoms with Crippen molar-refractivity contribution in [3.8, 4) is 0 Å². The Morgan fingerprint density at radius 3 is 2.65 bits per heavy atom. The maximum Gasteiger partial charge on any atom is 0.0334 e. The van der Waals surface area contributed by atoms with E-state index in [-0.39, 0.29) is 0 Å². The second kappa shape index (κ2) is 6.19. The summed E-state index contributed by atoms with van der Waals surface area (Å²) in [5, 5.41) is 3.72. The van der Waals surface area contributed by atoms with E-state index in [0.717, 1.165) is 0 Å². The number of unbranched alkanes of at least 4 members (excludes halogenated alkanes) is 2. The predicted octanol–water partition coefficient (Wildman–Crippen LogP) is 3.17. The van der Waals surface area contributed by atoms with Crippen LogP contribution in [0.25, 0.3) is 0 Å². The molecule has 100 valence electrons. The molecule has 0 aromatic carbocycles. The van der Waals surface area contributed by atoms with E-state index in [2.05, 4.69) is 24.1 Å². The van der Waals surface area contributed by atoms with Crippen LogP contribution in [-0.2, 0) is 0 Å². The van der Waals surface area contributed by atoms with Gasteiger partial charge < -0.3 is 5.32 Å². The fourth-order valence-corrected chi connectivity index (χ4v) is 3.65. The highest BCUT2D eigenvalue weighted by Crippen LogP contribution is 2.35. The molecular formula is C15H30N2. The van der Waals surface area contributed by atoms with Gasteiger partial charge in [-0.05, 0) is 32.7 Å². The number of hydrogen-bond donors (Lipinski definition) is 1. The van der Waals surface area contributed by atoms with Gasteiger partial charge in [0.05, 0.1) is 0 Å². The molecule has 0 aromatic rings. The molecule has 2 fully saturated rings. The second-order valence-corrected chi connectivity index (χ2v) is 6.22. The van der Waals surface area contributed by atoms with Gasteiger partial charge in [-0.25, -0.2) is 0 Å². The lowest BCUT2D eigenvalue weighted by molar-refractivity contribution is 0.0117. The van der Waals surface area contributed by atoms with E-state index in [1.807, 2.05) is 0 Å². The van der Waals surface area contributed by atoms with Crippen LogP contribution in [0, 0.1) is 0 Å². The molecule has 17 heavy (non-hydrogen) atoms. The van der Waals surface area contributed by atoms with Crippen LogP contribution in [-0.4, -0.2) is 36.1 Å². The maximum absolute atomic E-state index is 3.72. The lowest BCUT2D eigenvalue weighted by atomic mass is 9.78. The van der Waals surface area contributed by atoms with Crippen molar-refractivity contribution in [3.05, 3.63) is 0 Å². The summed E-state index contributed by atoms with van der Waals surface area (Å²) < 4.78 is 0. The van der Waals surface area contributed by atoms with E-state index in [0.29, 0.717) is 11.6 Å². The van der Waals surface area contributed by atoms with Gasteiger partial charge in [0, 0.05) is 24.7 Å². The molecule has 1 spiro atoms. The first kappa shape index (κ1) is 13.4. The SMILES string of the molecule is CCCCCN1CC(C)NCC12CCCCC2. The highest BCUT2D eigenvalue weighted by Gasteiger charge is 2.40. The fourth-order valence-electron chi connectivity index (χ4n) is 3.65. The van der Waals surface area contributed by atoms with E-state index in [9.17, 15) is 0 Å². The average Bonchev–Trinajstić information content (AvgIpc) is 2.36. The highest BCUT2D eigenvalue weighted by molar-refractivity contribution is 4.99. The minimum absolute atomic E-state index is 0.526. The van der Waals surface area contributed by atoms with E-state index >= 15 is 0 Å². The number of hydrogen-bond acceptors (Lipinski definition) is 2. The molecule has 1 N–H and O–H groups in total. The molecule has 0 radical (unpaired) electrons. The van der Waals surface area contributed by atoms with E-state index < -0.39 is 0 Å². The van der Waals surface area contributed by atoms with Crippen LogP contribution in [0.3, 0.4) is 0 Å². The van der Waals surface area contributed by atoms with Crippen LogP contribution in [0.2, 0.25) is 0 Å². The summed E-state index contributed by atoms with van der Waals surface area (Å²) in [6.07, 6.45) is 11.3. The molecule has 1 unspecified atom stereocenters. The van der Waals surface area contributed by atoms with Crippen LogP contribution in [0.15, 0.2) is 0 Å². The first-order chi connectivity index (χ1) is 8.27. The zero-order valence-corrected chi connectivity index (χ0v) is 11.8. The van der Waals surface area contributed by atoms with Crippen LogP contribution in [0.1, 0.15) is 65.2 Å². The van der Waals surface area contributed by atoms with Crippen molar-refractivity contribution >= 4 is 0 Å². The molecule has 2 heteroatoms. The Hall–Kier alpha value is -0.0800. The Kier molecular flexibility index (Phi) is 4.87. The molecule has 0 amide bonds. The molecule has 1 heterocycles. The zero-order valence-electron chi connectivity index (χ0n) is 11.8. The Labute approximate surface area is 107 Å². The van der Waals surface area contributed by atoms with Gasteiger partial charge in [0.1, 0.15) is 0 Å². The highest BCUT2D eigenvalue weighted by atomic mass is 15.3. The molecule has 2 aliphatic rings. The molecular weight excluding hydrogens is 208 g/mol. The quantitative estimate of drug-likeness (QED) is 0.757. The molecule has 1 aliphatic heterocycles. The van der Waals surface area contributed by atoms with Crippen LogP contribution >= 0.6 is 0 Å². The molecule has 0 aromatic heterocycles. The minimum Gasteiger partial charge on any atom is -0.311 e. The van der Waals surface area contributed by atoms with E-state index in [1.165, 1.54) is 71.0 Å². The summed E-state index contributed by atoms with van der Waals surface area (Å²) in [5.41, 5.74) is 0.526. The van der Waals surface area contributed by atoms with Gasteiger partial charge in [0.2, 0.25) is 0 Å². The van der Waals surface area contributed by atoms with Crippen molar-refractivity contribution in [2.45, 2.75) is 76.8 Å². The summed E-state index contributed by atoms with van der Waals surface area (Å²) in [7, 11) is 0. The van der Waals surface area contributed by atoms with Crippen LogP contribution in [0.4, 0.5) is 0 Å². The van der Waals surface area contributed by atoms with Gasteiger partial charge in [-0.2, -0.15) is 0 Å². The predicted molar refractivity (Wildman–Crippen MR) is 74.4 cm³/mol. The van der Waals surface area contributed by atoms with Crippen molar-refractivity contribution in [2.24, 2.45) is 0 Å². The van der Waals surface area contributed by atoms with Gasteiger partial charge in [-0.1, -0.05) is 39.0 Å². The summed E-state index contributed by atoms with van der Waals surface area (Å²) in [6.45, 7) is 8.48. The second-order valence-electron chi connectivity index (χ2n) is 6.22. The van der Waals surface area contributed by atoms with Crippen LogP contribution in [0.5, 0.6) is 0 Å². The van der Waals surface area contributed by atoms with Gasteiger partial charge >= 0.3 is 0 Å². The number of nitrogens with zero attached hydrogens (tertiary/aromatic N) is 1. The van der Waals surface area contributed by atoms with Crippen molar-refractivity contribution < 1.29 is 0 Å². The summed E-state index contributed by atoms with van der Waals surface area (Å²) in [6, 6.07) is 0.684. The third-order valence-electron chi connectivity index (χ3n) is 4.76. The molecule has 1 aliphatic carbocycles. The third-order valence-corrected chi connectivity index (χ3v) is 4.76. The summed E-state index contributed by atoms with van der Waals surface area (Å²) in [5.74, 6) is 0. The van der Waals surface area contributed by atoms with Crippen molar-refractivity contribution in [2.75, 3.05) is 19.6 Å². The molecule has 0 bridgehead atoms. The first-order valence-corrected chi connectivity index (χ1v) is 7.75. The fraction of sp³-hybridized carbons (Fsp3) is 1.00. The minimum atomic E-state index is 0.526. The van der Waals surface area contributed by atoms with Crippen molar-refractivity contribution in [3.63, 3.8) is 0 Å². The summed E-state index contributed by atoms with van der Waals surface area (Å²) >= 11 is 0. The lowest BCUT2D eigenvalue weighted by Gasteiger charge is -2.51. The Balaban J connectivity index is 1.95. The topological polar surface area (TPSA) is 15.3 Å². The third kappa shape index (κ3) is 3.23. The Morgan fingerprint density at radius 2 is 1.94 bits per heavy atom. The molecule has 2 rings (SSSR count). The maximum atomic E-state index is 3.72. The summed E-state index contributed by atoms with van der Waals surface area (Å²) in [4.78, 5) is 2.84. The number of piperazine rings is 1. The van der Waals surface area contributed by atoms with Gasteiger partial charge in [0.15, 0.2) is 0 Å². The van der Waals surface area contributed by atoms with Gasteiger partial charge in [0.25, 0.3) is 0 Å². The van der Waals surface area contributed by atoms with Crippen molar-refractivity contribution in [1.29, 1.82) is 0 Å².